The van der Waals surface area contributed by atoms with Gasteiger partial charge in [-0.3, -0.25) is 4.79 Å². The molecule has 0 saturated heterocycles. The highest BCUT2D eigenvalue weighted by atomic mass is 35.5. The second-order valence-electron chi connectivity index (χ2n) is 7.19. The van der Waals surface area contributed by atoms with Gasteiger partial charge in [0.2, 0.25) is 15.3 Å². The van der Waals surface area contributed by atoms with Crippen LogP contribution in [0.2, 0.25) is 0 Å². The molecular formula is C21H34ClNO3S. The molecule has 0 bridgehead atoms. The van der Waals surface area contributed by atoms with Crippen molar-refractivity contribution in [3.05, 3.63) is 29.8 Å². The van der Waals surface area contributed by atoms with Crippen LogP contribution in [0.1, 0.15) is 76.7 Å². The number of carbonyl (C=O) groups is 1. The third-order valence-corrected chi connectivity index (χ3v) is 6.70. The van der Waals surface area contributed by atoms with E-state index in [0.717, 1.165) is 24.8 Å². The summed E-state index contributed by atoms with van der Waals surface area (Å²) in [7, 11) is -3.70. The normalized spacial score (nSPS) is 11.9. The Balaban J connectivity index is 2.42. The van der Waals surface area contributed by atoms with E-state index in [1.54, 1.807) is 24.3 Å². The van der Waals surface area contributed by atoms with Gasteiger partial charge in [0.05, 0.1) is 11.4 Å². The first-order valence-electron chi connectivity index (χ1n) is 10.1. The van der Waals surface area contributed by atoms with Gasteiger partial charge in [-0.2, -0.15) is 4.31 Å². The molecule has 0 spiro atoms. The van der Waals surface area contributed by atoms with Gasteiger partial charge in [0.15, 0.2) is 0 Å². The van der Waals surface area contributed by atoms with Crippen molar-refractivity contribution >= 4 is 26.9 Å². The van der Waals surface area contributed by atoms with Gasteiger partial charge in [0.25, 0.3) is 0 Å². The maximum absolute atomic E-state index is 12.8. The summed E-state index contributed by atoms with van der Waals surface area (Å²) in [5.41, 5.74) is 0.989. The van der Waals surface area contributed by atoms with Crippen LogP contribution in [0.5, 0.6) is 0 Å². The molecule has 4 nitrogen and oxygen atoms in total. The molecule has 0 atom stereocenters. The highest BCUT2D eigenvalue weighted by molar-refractivity contribution is 7.89. The van der Waals surface area contributed by atoms with E-state index < -0.39 is 15.3 Å². The van der Waals surface area contributed by atoms with E-state index >= 15 is 0 Å². The minimum absolute atomic E-state index is 0.207. The molecule has 6 heteroatoms. The average molecular weight is 416 g/mol. The van der Waals surface area contributed by atoms with E-state index in [2.05, 4.69) is 6.92 Å². The second-order valence-corrected chi connectivity index (χ2v) is 9.55. The monoisotopic (exact) mass is 415 g/mol. The molecule has 0 amide bonds. The number of unbranched alkanes of at least 4 members (excludes halogenated alkanes) is 9. The zero-order valence-electron chi connectivity index (χ0n) is 16.8. The molecule has 1 aromatic rings. The first kappa shape index (κ1) is 24.1. The number of hydrogen-bond donors (Lipinski definition) is 0. The fraction of sp³-hybridized carbons (Fsp3) is 0.667. The number of sulfonamides is 1. The maximum atomic E-state index is 12.8. The number of aryl methyl sites for hydroxylation is 1. The molecular weight excluding hydrogens is 382 g/mol. The lowest BCUT2D eigenvalue weighted by Crippen LogP contribution is -2.35. The van der Waals surface area contributed by atoms with Crippen molar-refractivity contribution in [2.75, 3.05) is 13.1 Å². The van der Waals surface area contributed by atoms with Crippen molar-refractivity contribution in [3.63, 3.8) is 0 Å². The van der Waals surface area contributed by atoms with Gasteiger partial charge in [-0.1, -0.05) is 82.4 Å². The second kappa shape index (κ2) is 13.3. The highest BCUT2D eigenvalue weighted by Crippen LogP contribution is 2.18. The Labute approximate surface area is 170 Å². The van der Waals surface area contributed by atoms with Gasteiger partial charge >= 0.3 is 0 Å². The van der Waals surface area contributed by atoms with E-state index in [1.165, 1.54) is 49.3 Å². The molecule has 27 heavy (non-hydrogen) atoms. The van der Waals surface area contributed by atoms with E-state index in [0.29, 0.717) is 6.54 Å². The summed E-state index contributed by atoms with van der Waals surface area (Å²) in [4.78, 5) is 11.5. The standard InChI is InChI=1S/C21H34ClNO3S/c1-3-4-5-6-7-8-9-10-11-12-17-23(18-21(22)24)27(25,26)20-15-13-19(2)14-16-20/h13-16H,3-12,17-18H2,1-2H3. The number of halogens is 1. The van der Waals surface area contributed by atoms with Gasteiger partial charge in [-0.05, 0) is 37.1 Å². The number of rotatable bonds is 15. The molecule has 0 saturated carbocycles. The molecule has 1 aromatic carbocycles. The van der Waals surface area contributed by atoms with E-state index in [4.69, 9.17) is 11.6 Å². The van der Waals surface area contributed by atoms with Crippen LogP contribution in [-0.2, 0) is 14.8 Å². The Bertz CT molecular complexity index is 644. The topological polar surface area (TPSA) is 54.5 Å². The fourth-order valence-electron chi connectivity index (χ4n) is 3.06. The van der Waals surface area contributed by atoms with E-state index in [-0.39, 0.29) is 11.4 Å². The number of benzene rings is 1. The summed E-state index contributed by atoms with van der Waals surface area (Å²) in [5.74, 6) is 0. The predicted octanol–water partition coefficient (Wildman–Crippen LogP) is 5.67. The van der Waals surface area contributed by atoms with Crippen LogP contribution in [0.4, 0.5) is 0 Å². The predicted molar refractivity (Wildman–Crippen MR) is 113 cm³/mol. The molecule has 0 N–H and O–H groups in total. The summed E-state index contributed by atoms with van der Waals surface area (Å²) in [6.07, 6.45) is 11.8. The smallest absolute Gasteiger partial charge is 0.243 e. The van der Waals surface area contributed by atoms with Gasteiger partial charge < -0.3 is 0 Å². The number of hydrogen-bond acceptors (Lipinski definition) is 3. The van der Waals surface area contributed by atoms with E-state index in [1.807, 2.05) is 6.92 Å². The lowest BCUT2D eigenvalue weighted by Gasteiger charge is -2.20. The van der Waals surface area contributed by atoms with Gasteiger partial charge in [0.1, 0.15) is 0 Å². The van der Waals surface area contributed by atoms with Crippen LogP contribution < -0.4 is 0 Å². The van der Waals surface area contributed by atoms with Crippen molar-refractivity contribution in [2.45, 2.75) is 83.0 Å². The Kier molecular flexibility index (Phi) is 11.9. The third-order valence-electron chi connectivity index (χ3n) is 4.72. The van der Waals surface area contributed by atoms with Crippen LogP contribution in [0.15, 0.2) is 29.2 Å². The first-order valence-corrected chi connectivity index (χ1v) is 11.9. The zero-order chi connectivity index (χ0) is 20.1. The quantitative estimate of drug-likeness (QED) is 0.274. The Morgan fingerprint density at radius 2 is 1.37 bits per heavy atom. The Morgan fingerprint density at radius 3 is 1.85 bits per heavy atom. The van der Waals surface area contributed by atoms with Crippen molar-refractivity contribution < 1.29 is 13.2 Å². The number of carbonyl (C=O) groups excluding carboxylic acids is 1. The van der Waals surface area contributed by atoms with Crippen molar-refractivity contribution in [1.29, 1.82) is 0 Å². The number of nitrogens with zero attached hydrogens (tertiary/aromatic N) is 1. The molecule has 0 fully saturated rings. The summed E-state index contributed by atoms with van der Waals surface area (Å²) in [5, 5.41) is -0.655. The van der Waals surface area contributed by atoms with Gasteiger partial charge in [-0.25, -0.2) is 8.42 Å². The summed E-state index contributed by atoms with van der Waals surface area (Å²) in [6.45, 7) is 4.17. The van der Waals surface area contributed by atoms with Gasteiger partial charge in [0, 0.05) is 6.54 Å². The highest BCUT2D eigenvalue weighted by Gasteiger charge is 2.25. The van der Waals surface area contributed by atoms with Crippen molar-refractivity contribution in [3.8, 4) is 0 Å². The van der Waals surface area contributed by atoms with Crippen molar-refractivity contribution in [2.24, 2.45) is 0 Å². The minimum Gasteiger partial charge on any atom is -0.280 e. The SMILES string of the molecule is CCCCCCCCCCCCN(CC(=O)Cl)S(=O)(=O)c1ccc(C)cc1. The van der Waals surface area contributed by atoms with Crippen LogP contribution in [0.25, 0.3) is 0 Å². The maximum Gasteiger partial charge on any atom is 0.243 e. The molecule has 1 rings (SSSR count). The molecule has 0 aromatic heterocycles. The average Bonchev–Trinajstić information content (AvgIpc) is 2.62. The fourth-order valence-corrected chi connectivity index (χ4v) is 4.71. The molecule has 0 aliphatic rings. The third kappa shape index (κ3) is 9.72. The summed E-state index contributed by atoms with van der Waals surface area (Å²) in [6, 6.07) is 6.67. The molecule has 154 valence electrons. The lowest BCUT2D eigenvalue weighted by atomic mass is 10.1. The summed E-state index contributed by atoms with van der Waals surface area (Å²) < 4.78 is 26.8. The summed E-state index contributed by atoms with van der Waals surface area (Å²) >= 11 is 5.48. The Morgan fingerprint density at radius 1 is 0.889 bits per heavy atom. The lowest BCUT2D eigenvalue weighted by molar-refractivity contribution is -0.111. The van der Waals surface area contributed by atoms with Crippen LogP contribution in [-0.4, -0.2) is 31.1 Å². The zero-order valence-corrected chi connectivity index (χ0v) is 18.3. The first-order chi connectivity index (χ1) is 12.9. The van der Waals surface area contributed by atoms with Crippen LogP contribution >= 0.6 is 11.6 Å². The van der Waals surface area contributed by atoms with Crippen LogP contribution in [0.3, 0.4) is 0 Å². The molecule has 0 heterocycles. The van der Waals surface area contributed by atoms with Crippen LogP contribution in [0, 0.1) is 6.92 Å². The largest absolute Gasteiger partial charge is 0.280 e. The van der Waals surface area contributed by atoms with E-state index in [9.17, 15) is 13.2 Å². The molecule has 0 aliphatic carbocycles. The molecule has 0 unspecified atom stereocenters. The van der Waals surface area contributed by atoms with Crippen molar-refractivity contribution in [1.82, 2.24) is 4.31 Å². The molecule has 0 aliphatic heterocycles. The minimum atomic E-state index is -3.70. The Hall–Kier alpha value is -0.910. The van der Waals surface area contributed by atoms with Gasteiger partial charge in [-0.15, -0.1) is 0 Å². The molecule has 0 radical (unpaired) electrons.